The van der Waals surface area contributed by atoms with Crippen LogP contribution in [-0.2, 0) is 4.79 Å². The second kappa shape index (κ2) is 10.5. The van der Waals surface area contributed by atoms with E-state index in [2.05, 4.69) is 30.7 Å². The van der Waals surface area contributed by atoms with E-state index in [1.807, 2.05) is 0 Å². The van der Waals surface area contributed by atoms with Crippen LogP contribution in [0.4, 0.5) is 13.2 Å². The maximum atomic E-state index is 14.7. The summed E-state index contributed by atoms with van der Waals surface area (Å²) in [6.07, 6.45) is 5.93. The highest BCUT2D eigenvalue weighted by Gasteiger charge is 2.41. The van der Waals surface area contributed by atoms with Gasteiger partial charge in [0.05, 0.1) is 30.2 Å². The molecule has 10 nitrogen and oxygen atoms in total. The number of alkyl halides is 3. The molecule has 0 aliphatic heterocycles. The summed E-state index contributed by atoms with van der Waals surface area (Å²) < 4.78 is 48.8. The Hall–Kier alpha value is -3.51. The highest BCUT2D eigenvalue weighted by molar-refractivity contribution is 5.93. The molecule has 13 heteroatoms. The van der Waals surface area contributed by atoms with E-state index < -0.39 is 30.0 Å². The van der Waals surface area contributed by atoms with Crippen LogP contribution < -0.4 is 10.6 Å². The molecule has 2 amide bonds. The summed E-state index contributed by atoms with van der Waals surface area (Å²) in [5, 5.41) is 17.6. The normalized spacial score (nSPS) is 21.9. The van der Waals surface area contributed by atoms with Crippen LogP contribution in [0.5, 0.6) is 0 Å². The number of carbonyl (C=O) groups excluding carboxylic acids is 2. The first kappa shape index (κ1) is 26.7. The van der Waals surface area contributed by atoms with E-state index in [9.17, 15) is 22.8 Å². The Labute approximate surface area is 228 Å². The summed E-state index contributed by atoms with van der Waals surface area (Å²) in [4.78, 5) is 30.4. The van der Waals surface area contributed by atoms with Crippen LogP contribution in [0.2, 0.25) is 0 Å². The van der Waals surface area contributed by atoms with E-state index in [1.54, 1.807) is 29.9 Å². The summed E-state index contributed by atoms with van der Waals surface area (Å²) in [6, 6.07) is 0.761. The van der Waals surface area contributed by atoms with Crippen molar-refractivity contribution >= 4 is 17.5 Å². The minimum atomic E-state index is -2.73. The van der Waals surface area contributed by atoms with E-state index in [4.69, 9.17) is 4.98 Å². The molecule has 3 atom stereocenters. The second-order valence-electron chi connectivity index (χ2n) is 11.5. The van der Waals surface area contributed by atoms with E-state index in [1.165, 1.54) is 0 Å². The van der Waals surface area contributed by atoms with Crippen LogP contribution >= 0.6 is 0 Å². The maximum Gasteiger partial charge on any atom is 0.276 e. The monoisotopic (exact) mass is 559 g/mol. The number of imidazole rings is 1. The molecule has 3 saturated carbocycles. The first-order valence-electron chi connectivity index (χ1n) is 14.0. The molecule has 3 aromatic heterocycles. The SMILES string of the molecule is Cc1nonc1C(=O)N[C@H](c1cn2ncc([C@H](NC(=O)[C@H](F)C3CCC3)C3CC3)cc2n1)C1CCC(F)(F)CC1. The zero-order chi connectivity index (χ0) is 28.0. The summed E-state index contributed by atoms with van der Waals surface area (Å²) >= 11 is 0. The number of carbonyl (C=O) groups is 2. The van der Waals surface area contributed by atoms with Crippen molar-refractivity contribution in [3.63, 3.8) is 0 Å². The van der Waals surface area contributed by atoms with Crippen molar-refractivity contribution in [3.8, 4) is 0 Å². The highest BCUT2D eigenvalue weighted by atomic mass is 19.3. The fourth-order valence-corrected chi connectivity index (χ4v) is 5.79. The third kappa shape index (κ3) is 5.42. The van der Waals surface area contributed by atoms with Gasteiger partial charge in [0.25, 0.3) is 11.8 Å². The fraction of sp³-hybridized carbons (Fsp3) is 0.630. The van der Waals surface area contributed by atoms with Gasteiger partial charge in [0.15, 0.2) is 17.5 Å². The third-order valence-corrected chi connectivity index (χ3v) is 8.63. The predicted octanol–water partition coefficient (Wildman–Crippen LogP) is 4.42. The van der Waals surface area contributed by atoms with Crippen molar-refractivity contribution in [1.82, 2.24) is 35.5 Å². The van der Waals surface area contributed by atoms with Crippen molar-refractivity contribution in [2.24, 2.45) is 17.8 Å². The Balaban J connectivity index is 1.26. The van der Waals surface area contributed by atoms with Gasteiger partial charge in [0, 0.05) is 12.8 Å². The largest absolute Gasteiger partial charge is 0.346 e. The summed E-state index contributed by atoms with van der Waals surface area (Å²) in [5.41, 5.74) is 2.01. The van der Waals surface area contributed by atoms with Crippen LogP contribution in [0.15, 0.2) is 23.1 Å². The molecule has 3 aliphatic rings. The number of nitrogens with one attached hydrogen (secondary N) is 2. The molecule has 0 unspecified atom stereocenters. The average Bonchev–Trinajstić information content (AvgIpc) is 3.50. The van der Waals surface area contributed by atoms with E-state index in [0.717, 1.165) is 37.7 Å². The Morgan fingerprint density at radius 2 is 1.75 bits per heavy atom. The van der Waals surface area contributed by atoms with Crippen molar-refractivity contribution < 1.29 is 27.4 Å². The molecule has 40 heavy (non-hydrogen) atoms. The molecule has 0 radical (unpaired) electrons. The van der Waals surface area contributed by atoms with Gasteiger partial charge in [-0.05, 0) is 80.0 Å². The molecule has 3 aliphatic carbocycles. The molecule has 2 N–H and O–H groups in total. The molecular weight excluding hydrogens is 527 g/mol. The number of halogens is 3. The topological polar surface area (TPSA) is 127 Å². The Kier molecular flexibility index (Phi) is 6.99. The van der Waals surface area contributed by atoms with Gasteiger partial charge in [-0.25, -0.2) is 27.3 Å². The number of amides is 2. The molecule has 0 bridgehead atoms. The van der Waals surface area contributed by atoms with Gasteiger partial charge in [-0.1, -0.05) is 11.6 Å². The zero-order valence-corrected chi connectivity index (χ0v) is 22.2. The molecule has 3 fully saturated rings. The van der Waals surface area contributed by atoms with Crippen LogP contribution in [-0.4, -0.2) is 48.8 Å². The average molecular weight is 560 g/mol. The fourth-order valence-electron chi connectivity index (χ4n) is 5.79. The van der Waals surface area contributed by atoms with E-state index >= 15 is 0 Å². The maximum absolute atomic E-state index is 14.7. The summed E-state index contributed by atoms with van der Waals surface area (Å²) in [7, 11) is 0. The molecule has 0 spiro atoms. The molecule has 0 saturated heterocycles. The minimum absolute atomic E-state index is 0.0198. The predicted molar refractivity (Wildman–Crippen MR) is 135 cm³/mol. The van der Waals surface area contributed by atoms with Gasteiger partial charge >= 0.3 is 0 Å². The third-order valence-electron chi connectivity index (χ3n) is 8.63. The number of aromatic nitrogens is 5. The lowest BCUT2D eigenvalue weighted by Gasteiger charge is -2.33. The summed E-state index contributed by atoms with van der Waals surface area (Å²) in [5.74, 6) is -4.13. The lowest BCUT2D eigenvalue weighted by molar-refractivity contribution is -0.130. The molecule has 3 heterocycles. The molecule has 6 rings (SSSR count). The number of aryl methyl sites for hydroxylation is 1. The standard InChI is InChI=1S/C27H32F3N7O3/c1-14-22(36-40-35-14)26(39)34-24(17-7-9-27(29,30)10-8-17)19-13-37-20(32-19)11-18(12-31-37)23(16-5-6-16)33-25(38)21(28)15-3-2-4-15/h11-13,15-17,21,23-24H,2-10H2,1H3,(H,33,38)(H,34,39)/t21-,23-,24+/m1/s1. The lowest BCUT2D eigenvalue weighted by atomic mass is 9.81. The Morgan fingerprint density at radius 1 is 1.02 bits per heavy atom. The molecule has 214 valence electrons. The molecular formula is C27H32F3N7O3. The van der Waals surface area contributed by atoms with Gasteiger partial charge in [0.1, 0.15) is 5.69 Å². The van der Waals surface area contributed by atoms with Gasteiger partial charge in [-0.2, -0.15) is 5.10 Å². The van der Waals surface area contributed by atoms with Crippen molar-refractivity contribution in [2.45, 2.75) is 88.9 Å². The van der Waals surface area contributed by atoms with Gasteiger partial charge < -0.3 is 10.6 Å². The minimum Gasteiger partial charge on any atom is -0.346 e. The molecule has 3 aromatic rings. The highest BCUT2D eigenvalue weighted by Crippen LogP contribution is 2.43. The van der Waals surface area contributed by atoms with Crippen LogP contribution in [0.3, 0.4) is 0 Å². The number of hydrogen-bond acceptors (Lipinski definition) is 7. The number of hydrogen-bond donors (Lipinski definition) is 2. The van der Waals surface area contributed by atoms with Crippen LogP contribution in [0.1, 0.15) is 97.3 Å². The van der Waals surface area contributed by atoms with E-state index in [-0.39, 0.29) is 55.2 Å². The quantitative estimate of drug-likeness (QED) is 0.397. The zero-order valence-electron chi connectivity index (χ0n) is 22.2. The first-order chi connectivity index (χ1) is 19.2. The first-order valence-corrected chi connectivity index (χ1v) is 14.0. The van der Waals surface area contributed by atoms with Gasteiger partial charge in [-0.15, -0.1) is 0 Å². The van der Waals surface area contributed by atoms with Crippen molar-refractivity contribution in [3.05, 3.63) is 41.1 Å². The smallest absolute Gasteiger partial charge is 0.276 e. The van der Waals surface area contributed by atoms with Gasteiger partial charge in [-0.3, -0.25) is 9.59 Å². The Morgan fingerprint density at radius 3 is 2.38 bits per heavy atom. The second-order valence-corrected chi connectivity index (χ2v) is 11.5. The Bertz CT molecular complexity index is 1390. The van der Waals surface area contributed by atoms with Crippen molar-refractivity contribution in [2.75, 3.05) is 0 Å². The van der Waals surface area contributed by atoms with Crippen molar-refractivity contribution in [1.29, 1.82) is 0 Å². The lowest BCUT2D eigenvalue weighted by Crippen LogP contribution is -2.41. The number of rotatable bonds is 9. The van der Waals surface area contributed by atoms with Crippen LogP contribution in [0.25, 0.3) is 5.65 Å². The van der Waals surface area contributed by atoms with E-state index in [0.29, 0.717) is 17.0 Å². The van der Waals surface area contributed by atoms with Gasteiger partial charge in [0.2, 0.25) is 5.92 Å². The molecule has 0 aromatic carbocycles. The number of nitrogens with zero attached hydrogens (tertiary/aromatic N) is 5. The number of fused-ring (bicyclic) bond motifs is 1. The summed E-state index contributed by atoms with van der Waals surface area (Å²) in [6.45, 7) is 1.59. The van der Waals surface area contributed by atoms with Crippen LogP contribution in [0, 0.1) is 24.7 Å².